The molecule has 0 saturated carbocycles. The summed E-state index contributed by atoms with van der Waals surface area (Å²) in [7, 11) is 0. The molecule has 0 saturated heterocycles. The van der Waals surface area contributed by atoms with Crippen molar-refractivity contribution in [3.05, 3.63) is 106 Å². The summed E-state index contributed by atoms with van der Waals surface area (Å²) in [5, 5.41) is 4.40. The molecule has 5 rings (SSSR count). The van der Waals surface area contributed by atoms with Crippen molar-refractivity contribution in [1.29, 1.82) is 0 Å². The van der Waals surface area contributed by atoms with Gasteiger partial charge in [-0.2, -0.15) is 0 Å². The van der Waals surface area contributed by atoms with Crippen molar-refractivity contribution < 1.29 is 14.3 Å². The Labute approximate surface area is 199 Å². The first-order valence-electron chi connectivity index (χ1n) is 11.3. The van der Waals surface area contributed by atoms with Gasteiger partial charge in [-0.15, -0.1) is 0 Å². The highest BCUT2D eigenvalue weighted by atomic mass is 35.5. The van der Waals surface area contributed by atoms with E-state index < -0.39 is 0 Å². The van der Waals surface area contributed by atoms with Gasteiger partial charge >= 0.3 is 5.97 Å². The number of anilines is 1. The van der Waals surface area contributed by atoms with E-state index >= 15 is 0 Å². The van der Waals surface area contributed by atoms with Crippen LogP contribution in [0.4, 0.5) is 5.69 Å². The molecule has 4 nitrogen and oxygen atoms in total. The summed E-state index contributed by atoms with van der Waals surface area (Å²) in [4.78, 5) is 12.6. The molecule has 168 valence electrons. The molecule has 0 fully saturated rings. The number of rotatable bonds is 6. The zero-order valence-electron chi connectivity index (χ0n) is 18.5. The molecule has 1 N–H and O–H groups in total. The largest absolute Gasteiger partial charge is 0.489 e. The number of nitrogens with one attached hydrogen (secondary N) is 1. The minimum Gasteiger partial charge on any atom is -0.489 e. The molecule has 0 spiro atoms. The average Bonchev–Trinajstić information content (AvgIpc) is 3.34. The van der Waals surface area contributed by atoms with Crippen LogP contribution in [-0.4, -0.2) is 12.6 Å². The fraction of sp³-hybridized carbons (Fsp3) is 0.250. The van der Waals surface area contributed by atoms with E-state index in [-0.39, 0.29) is 17.9 Å². The number of carbonyl (C=O) groups is 1. The zero-order valence-corrected chi connectivity index (χ0v) is 19.2. The maximum atomic E-state index is 12.6. The summed E-state index contributed by atoms with van der Waals surface area (Å²) in [6, 6.07) is 21.9. The highest BCUT2D eigenvalue weighted by molar-refractivity contribution is 6.30. The highest BCUT2D eigenvalue weighted by Gasteiger charge is 2.39. The molecule has 3 aromatic rings. The van der Waals surface area contributed by atoms with Crippen molar-refractivity contribution in [2.45, 2.75) is 31.9 Å². The number of para-hydroxylation sites is 1. The van der Waals surface area contributed by atoms with Crippen LogP contribution in [0.5, 0.6) is 5.75 Å². The Kier molecular flexibility index (Phi) is 6.10. The number of hydrogen-bond donors (Lipinski definition) is 1. The van der Waals surface area contributed by atoms with Gasteiger partial charge in [0.2, 0.25) is 0 Å². The first-order valence-corrected chi connectivity index (χ1v) is 11.7. The molecule has 0 amide bonds. The van der Waals surface area contributed by atoms with E-state index in [0.717, 1.165) is 28.4 Å². The van der Waals surface area contributed by atoms with Crippen LogP contribution in [0.15, 0.2) is 78.9 Å². The van der Waals surface area contributed by atoms with Gasteiger partial charge in [-0.1, -0.05) is 60.2 Å². The van der Waals surface area contributed by atoms with Crippen molar-refractivity contribution in [2.75, 3.05) is 11.9 Å². The number of benzene rings is 3. The lowest BCUT2D eigenvalue weighted by Crippen LogP contribution is -2.30. The smallest absolute Gasteiger partial charge is 0.340 e. The minimum atomic E-state index is -0.285. The first kappa shape index (κ1) is 21.6. The summed E-state index contributed by atoms with van der Waals surface area (Å²) in [5.74, 6) is 1.21. The Morgan fingerprint density at radius 3 is 2.61 bits per heavy atom. The van der Waals surface area contributed by atoms with Gasteiger partial charge in [0, 0.05) is 10.9 Å². The van der Waals surface area contributed by atoms with Crippen LogP contribution in [0.2, 0.25) is 5.02 Å². The molecular weight excluding hydrogens is 434 g/mol. The molecular formula is C28H26ClNO3. The van der Waals surface area contributed by atoms with E-state index in [9.17, 15) is 4.79 Å². The molecule has 1 heterocycles. The summed E-state index contributed by atoms with van der Waals surface area (Å²) in [6.45, 7) is 2.67. The molecule has 0 unspecified atom stereocenters. The summed E-state index contributed by atoms with van der Waals surface area (Å²) >= 11 is 5.96. The van der Waals surface area contributed by atoms with Crippen molar-refractivity contribution >= 4 is 23.3 Å². The van der Waals surface area contributed by atoms with Crippen LogP contribution in [0.3, 0.4) is 0 Å². The molecule has 0 bridgehead atoms. The molecule has 3 aromatic carbocycles. The second-order valence-corrected chi connectivity index (χ2v) is 8.89. The lowest BCUT2D eigenvalue weighted by molar-refractivity contribution is 0.0527. The normalized spacial score (nSPS) is 20.5. The Morgan fingerprint density at radius 2 is 1.85 bits per heavy atom. The van der Waals surface area contributed by atoms with Gasteiger partial charge in [0.15, 0.2) is 0 Å². The third-order valence-electron chi connectivity index (χ3n) is 6.45. The fourth-order valence-corrected chi connectivity index (χ4v) is 4.98. The van der Waals surface area contributed by atoms with Gasteiger partial charge in [-0.25, -0.2) is 4.79 Å². The second-order valence-electron chi connectivity index (χ2n) is 8.45. The van der Waals surface area contributed by atoms with E-state index in [1.165, 1.54) is 11.1 Å². The Hall–Kier alpha value is -3.24. The van der Waals surface area contributed by atoms with Crippen molar-refractivity contribution in [3.8, 4) is 5.75 Å². The van der Waals surface area contributed by atoms with E-state index in [1.807, 2.05) is 55.5 Å². The maximum absolute atomic E-state index is 12.6. The monoisotopic (exact) mass is 459 g/mol. The second kappa shape index (κ2) is 9.32. The molecule has 0 radical (unpaired) electrons. The lowest BCUT2D eigenvalue weighted by atomic mass is 9.76. The number of ether oxygens (including phenoxy) is 2. The van der Waals surface area contributed by atoms with Gasteiger partial charge in [0.05, 0.1) is 23.9 Å². The Morgan fingerprint density at radius 1 is 1.06 bits per heavy atom. The number of hydrogen-bond acceptors (Lipinski definition) is 4. The number of allylic oxidation sites excluding steroid dienone is 2. The average molecular weight is 460 g/mol. The van der Waals surface area contributed by atoms with Gasteiger partial charge in [-0.3, -0.25) is 0 Å². The highest BCUT2D eigenvalue weighted by Crippen LogP contribution is 2.50. The third kappa shape index (κ3) is 4.36. The number of esters is 1. The molecule has 2 aliphatic rings. The van der Waals surface area contributed by atoms with Crippen LogP contribution in [0.25, 0.3) is 0 Å². The predicted molar refractivity (Wildman–Crippen MR) is 131 cm³/mol. The van der Waals surface area contributed by atoms with E-state index in [0.29, 0.717) is 24.7 Å². The number of fused-ring (bicyclic) bond motifs is 3. The van der Waals surface area contributed by atoms with Crippen LogP contribution >= 0.6 is 11.6 Å². The van der Waals surface area contributed by atoms with E-state index in [1.54, 1.807) is 0 Å². The van der Waals surface area contributed by atoms with Crippen molar-refractivity contribution in [2.24, 2.45) is 5.92 Å². The summed E-state index contributed by atoms with van der Waals surface area (Å²) in [5.41, 5.74) is 4.90. The van der Waals surface area contributed by atoms with E-state index in [2.05, 4.69) is 35.7 Å². The van der Waals surface area contributed by atoms with Gasteiger partial charge < -0.3 is 14.8 Å². The lowest BCUT2D eigenvalue weighted by Gasteiger charge is -2.38. The van der Waals surface area contributed by atoms with Crippen LogP contribution in [-0.2, 0) is 11.3 Å². The van der Waals surface area contributed by atoms with E-state index in [4.69, 9.17) is 21.1 Å². The summed E-state index contributed by atoms with van der Waals surface area (Å²) in [6.07, 6.45) is 5.52. The molecule has 5 heteroatoms. The Bertz CT molecular complexity index is 1170. The van der Waals surface area contributed by atoms with Crippen LogP contribution in [0.1, 0.15) is 52.4 Å². The quantitative estimate of drug-likeness (QED) is 0.321. The molecule has 1 aliphatic carbocycles. The van der Waals surface area contributed by atoms with Crippen LogP contribution in [0, 0.1) is 5.92 Å². The van der Waals surface area contributed by atoms with Crippen molar-refractivity contribution in [3.63, 3.8) is 0 Å². The molecule has 0 aromatic heterocycles. The van der Waals surface area contributed by atoms with Crippen molar-refractivity contribution in [1.82, 2.24) is 0 Å². The minimum absolute atomic E-state index is 0.0957. The SMILES string of the molecule is CCOC(=O)c1cccc2c1N[C@@H](c1ccc(OCc3ccc(Cl)cc3)cc1)[C@H]1CC=C[C@@H]21. The fourth-order valence-electron chi connectivity index (χ4n) is 4.85. The van der Waals surface area contributed by atoms with Crippen LogP contribution < -0.4 is 10.1 Å². The number of carbonyl (C=O) groups excluding carboxylic acids is 1. The third-order valence-corrected chi connectivity index (χ3v) is 6.70. The molecule has 1 aliphatic heterocycles. The standard InChI is InChI=1S/C28H26ClNO3/c1-2-32-28(31)25-8-4-7-24-22-5-3-6-23(22)26(30-27(24)25)19-11-15-21(16-12-19)33-17-18-9-13-20(29)14-10-18/h3-5,7-16,22-23,26,30H,2,6,17H2,1H3/t22-,23+,26+/m1/s1. The zero-order chi connectivity index (χ0) is 22.8. The van der Waals surface area contributed by atoms with Gasteiger partial charge in [-0.05, 0) is 66.3 Å². The topological polar surface area (TPSA) is 47.6 Å². The molecule has 33 heavy (non-hydrogen) atoms. The van der Waals surface area contributed by atoms with Gasteiger partial charge in [0.25, 0.3) is 0 Å². The van der Waals surface area contributed by atoms with Gasteiger partial charge in [0.1, 0.15) is 12.4 Å². The number of halogens is 1. The maximum Gasteiger partial charge on any atom is 0.340 e. The predicted octanol–water partition coefficient (Wildman–Crippen LogP) is 6.92. The first-order chi connectivity index (χ1) is 16.1. The Balaban J connectivity index is 1.37. The molecule has 3 atom stereocenters. The summed E-state index contributed by atoms with van der Waals surface area (Å²) < 4.78 is 11.3.